The monoisotopic (exact) mass is 597 g/mol. The fourth-order valence-electron chi connectivity index (χ4n) is 2.39. The second kappa shape index (κ2) is 14.2. The number of pyridine rings is 2. The van der Waals surface area contributed by atoms with E-state index in [2.05, 4.69) is 49.8 Å². The summed E-state index contributed by atoms with van der Waals surface area (Å²) < 4.78 is 0. The second-order valence-electron chi connectivity index (χ2n) is 5.61. The summed E-state index contributed by atoms with van der Waals surface area (Å²) in [6.07, 6.45) is 3.88. The van der Waals surface area contributed by atoms with Gasteiger partial charge in [0, 0.05) is 36.3 Å². The molecule has 0 saturated heterocycles. The number of nitrogens with zero attached hydrogens (tertiary/aromatic N) is 2. The number of benzene rings is 1. The number of hydrogen-bond donors (Lipinski definition) is 2. The van der Waals surface area contributed by atoms with Crippen molar-refractivity contribution < 1.29 is 27.4 Å². The van der Waals surface area contributed by atoms with E-state index in [-0.39, 0.29) is 11.0 Å². The SMILES string of the molecule is Cc1cnc2c(ccc3c(C)c(C)cnc32)c1C.NCCN.O.O.[Cl][Pt][Cl]. The van der Waals surface area contributed by atoms with Crippen LogP contribution in [0.5, 0.6) is 0 Å². The predicted molar refractivity (Wildman–Crippen MR) is 113 cm³/mol. The van der Waals surface area contributed by atoms with Crippen LogP contribution in [0.4, 0.5) is 0 Å². The predicted octanol–water partition coefficient (Wildman–Crippen LogP) is 2.65. The Morgan fingerprint density at radius 1 is 0.778 bits per heavy atom. The molecule has 2 aromatic heterocycles. The van der Waals surface area contributed by atoms with Crippen molar-refractivity contribution in [2.45, 2.75) is 27.7 Å². The van der Waals surface area contributed by atoms with Crippen LogP contribution in [0.25, 0.3) is 21.8 Å². The molecule has 0 amide bonds. The number of nitrogens with two attached hydrogens (primary N) is 2. The van der Waals surface area contributed by atoms with E-state index in [9.17, 15) is 0 Å². The Labute approximate surface area is 176 Å². The van der Waals surface area contributed by atoms with Crippen LogP contribution in [0.3, 0.4) is 0 Å². The molecule has 8 N–H and O–H groups in total. The van der Waals surface area contributed by atoms with Gasteiger partial charge in [0.2, 0.25) is 0 Å². The van der Waals surface area contributed by atoms with Gasteiger partial charge in [0.15, 0.2) is 0 Å². The van der Waals surface area contributed by atoms with E-state index in [1.165, 1.54) is 33.0 Å². The van der Waals surface area contributed by atoms with Crippen molar-refractivity contribution in [2.24, 2.45) is 11.5 Å². The molecule has 6 nitrogen and oxygen atoms in total. The van der Waals surface area contributed by atoms with E-state index in [1.54, 1.807) is 0 Å². The molecular formula is C18H28Cl2N4O2Pt. The molecule has 0 aliphatic rings. The molecule has 9 heteroatoms. The molecule has 0 atom stereocenters. The second-order valence-corrected chi connectivity index (χ2v) is 8.90. The average molecular weight is 598 g/mol. The van der Waals surface area contributed by atoms with Crippen LogP contribution in [-0.4, -0.2) is 34.0 Å². The van der Waals surface area contributed by atoms with E-state index in [1.807, 2.05) is 12.4 Å². The van der Waals surface area contributed by atoms with E-state index in [0.29, 0.717) is 13.1 Å². The molecule has 0 bridgehead atoms. The Bertz CT molecular complexity index is 782. The van der Waals surface area contributed by atoms with Gasteiger partial charge in [0.05, 0.1) is 11.0 Å². The number of rotatable bonds is 1. The van der Waals surface area contributed by atoms with Gasteiger partial charge in [-0.25, -0.2) is 0 Å². The van der Waals surface area contributed by atoms with Gasteiger partial charge in [-0.15, -0.1) is 0 Å². The van der Waals surface area contributed by atoms with Crippen molar-refractivity contribution in [3.8, 4) is 0 Å². The average Bonchev–Trinajstić information content (AvgIpc) is 2.62. The van der Waals surface area contributed by atoms with E-state index < -0.39 is 16.5 Å². The zero-order valence-electron chi connectivity index (χ0n) is 15.8. The van der Waals surface area contributed by atoms with Crippen LogP contribution in [-0.2, 0) is 16.5 Å². The van der Waals surface area contributed by atoms with Crippen molar-refractivity contribution in [1.82, 2.24) is 9.97 Å². The van der Waals surface area contributed by atoms with Crippen molar-refractivity contribution >= 4 is 40.6 Å². The Morgan fingerprint density at radius 2 is 1.07 bits per heavy atom. The zero-order valence-corrected chi connectivity index (χ0v) is 19.6. The molecule has 0 fully saturated rings. The summed E-state index contributed by atoms with van der Waals surface area (Å²) in [5.74, 6) is 0. The van der Waals surface area contributed by atoms with E-state index >= 15 is 0 Å². The van der Waals surface area contributed by atoms with Gasteiger partial charge in [-0.05, 0) is 49.9 Å². The molecule has 0 radical (unpaired) electrons. The van der Waals surface area contributed by atoms with E-state index in [0.717, 1.165) is 11.0 Å². The van der Waals surface area contributed by atoms with E-state index in [4.69, 9.17) is 30.3 Å². The Morgan fingerprint density at radius 3 is 1.33 bits per heavy atom. The maximum atomic E-state index is 4.90. The number of halogens is 2. The molecule has 2 heterocycles. The summed E-state index contributed by atoms with van der Waals surface area (Å²) in [7, 11) is 9.75. The number of fused-ring (bicyclic) bond motifs is 3. The summed E-state index contributed by atoms with van der Waals surface area (Å²) >= 11 is -0.472. The molecule has 3 rings (SSSR count). The quantitative estimate of drug-likeness (QED) is 0.416. The Kier molecular flexibility index (Phi) is 14.9. The van der Waals surface area contributed by atoms with Gasteiger partial charge in [-0.1, -0.05) is 12.1 Å². The summed E-state index contributed by atoms with van der Waals surface area (Å²) in [4.78, 5) is 9.16. The summed E-state index contributed by atoms with van der Waals surface area (Å²) in [5, 5.41) is 2.41. The summed E-state index contributed by atoms with van der Waals surface area (Å²) in [6.45, 7) is 9.68. The Balaban J connectivity index is 0. The first-order valence-electron chi connectivity index (χ1n) is 7.76. The fourth-order valence-corrected chi connectivity index (χ4v) is 2.39. The first-order valence-corrected chi connectivity index (χ1v) is 13.4. The summed E-state index contributed by atoms with van der Waals surface area (Å²) in [5.41, 5.74) is 16.9. The molecule has 27 heavy (non-hydrogen) atoms. The van der Waals surface area contributed by atoms with Gasteiger partial charge in [0.1, 0.15) is 0 Å². The van der Waals surface area contributed by atoms with Crippen molar-refractivity contribution in [3.63, 3.8) is 0 Å². The van der Waals surface area contributed by atoms with Gasteiger partial charge in [-0.2, -0.15) is 0 Å². The first-order chi connectivity index (χ1) is 11.9. The van der Waals surface area contributed by atoms with Crippen LogP contribution in [0, 0.1) is 27.7 Å². The maximum absolute atomic E-state index is 4.90. The summed E-state index contributed by atoms with van der Waals surface area (Å²) in [6, 6.07) is 4.34. The third-order valence-electron chi connectivity index (χ3n) is 4.08. The standard InChI is InChI=1S/C16H16N2.C2H8N2.2ClH.2H2O.Pt/c1-9-7-17-15-13(11(9)3)5-6-14-12(4)10(2)8-18-16(14)15;3-1-2-4;;;;;/h5-8H,1-4H3;1-4H2;2*1H;2*1H2;/q;;;;;;+2/p-2. The minimum atomic E-state index is -0.472. The molecule has 0 aliphatic carbocycles. The van der Waals surface area contributed by atoms with Gasteiger partial charge in [-0.3, -0.25) is 9.97 Å². The van der Waals surface area contributed by atoms with Crippen LogP contribution >= 0.6 is 18.8 Å². The third-order valence-corrected chi connectivity index (χ3v) is 4.08. The molecule has 156 valence electrons. The zero-order chi connectivity index (χ0) is 19.0. The molecule has 1 aromatic carbocycles. The number of aryl methyl sites for hydroxylation is 4. The molecule has 3 aromatic rings. The van der Waals surface area contributed by atoms with Gasteiger partial charge in [0.25, 0.3) is 0 Å². The minimum absolute atomic E-state index is 0. The molecule has 0 unspecified atom stereocenters. The van der Waals surface area contributed by atoms with Crippen molar-refractivity contribution in [1.29, 1.82) is 0 Å². The topological polar surface area (TPSA) is 141 Å². The van der Waals surface area contributed by atoms with Crippen molar-refractivity contribution in [3.05, 3.63) is 46.8 Å². The van der Waals surface area contributed by atoms with Crippen LogP contribution in [0.1, 0.15) is 22.3 Å². The van der Waals surface area contributed by atoms with Crippen LogP contribution in [0.15, 0.2) is 24.5 Å². The fraction of sp³-hybridized carbons (Fsp3) is 0.333. The normalized spacial score (nSPS) is 9.48. The first kappa shape index (κ1) is 28.4. The molecule has 0 aliphatic heterocycles. The van der Waals surface area contributed by atoms with Crippen LogP contribution in [0.2, 0.25) is 0 Å². The van der Waals surface area contributed by atoms with Crippen LogP contribution < -0.4 is 11.5 Å². The molecule has 0 spiro atoms. The molecular weight excluding hydrogens is 570 g/mol. The third kappa shape index (κ3) is 7.24. The number of hydrogen-bond acceptors (Lipinski definition) is 4. The van der Waals surface area contributed by atoms with Gasteiger partial charge < -0.3 is 22.4 Å². The number of aromatic nitrogens is 2. The van der Waals surface area contributed by atoms with Gasteiger partial charge >= 0.3 is 35.3 Å². The van der Waals surface area contributed by atoms with Crippen molar-refractivity contribution in [2.75, 3.05) is 13.1 Å². The Hall–Kier alpha value is -0.852. The molecule has 0 saturated carbocycles.